The molecule has 0 spiro atoms. The molecule has 2 atom stereocenters. The average Bonchev–Trinajstić information content (AvgIpc) is 3.36. The number of fused-ring (bicyclic) bond motifs is 1. The molecular formula is C30H52F2N5O4PSSi. The van der Waals surface area contributed by atoms with Gasteiger partial charge in [0.2, 0.25) is 5.92 Å². The molecule has 2 rings (SSSR count). The van der Waals surface area contributed by atoms with E-state index in [0.29, 0.717) is 36.0 Å². The van der Waals surface area contributed by atoms with Crippen molar-refractivity contribution < 1.29 is 27.5 Å². The maximum absolute atomic E-state index is 13.1. The number of ether oxygens (including phenoxy) is 1. The maximum Gasteiger partial charge on any atom is 0.353 e. The minimum atomic E-state index is -3.83. The second-order valence-electron chi connectivity index (χ2n) is 12.2. The first-order valence-electron chi connectivity index (χ1n) is 15.7. The lowest BCUT2D eigenvalue weighted by atomic mass is 10.1. The average molecular weight is 676 g/mol. The van der Waals surface area contributed by atoms with Crippen LogP contribution < -0.4 is 5.73 Å². The van der Waals surface area contributed by atoms with E-state index in [9.17, 15) is 18.2 Å². The van der Waals surface area contributed by atoms with Crippen LogP contribution in [0.1, 0.15) is 84.5 Å². The smallest absolute Gasteiger partial charge is 0.353 e. The van der Waals surface area contributed by atoms with E-state index in [1.807, 2.05) is 11.8 Å². The summed E-state index contributed by atoms with van der Waals surface area (Å²) in [5.74, 6) is 2.95. The van der Waals surface area contributed by atoms with Crippen molar-refractivity contribution in [3.05, 3.63) is 12.7 Å². The molecule has 0 bridgehead atoms. The number of halogens is 2. The number of imidazole rings is 1. The number of nitrogens with two attached hydrogens (primary N) is 1. The third-order valence-electron chi connectivity index (χ3n) is 7.09. The summed E-state index contributed by atoms with van der Waals surface area (Å²) in [6, 6.07) is 0.556. The predicted molar refractivity (Wildman–Crippen MR) is 180 cm³/mol. The van der Waals surface area contributed by atoms with Crippen LogP contribution in [0.4, 0.5) is 14.6 Å². The van der Waals surface area contributed by atoms with Gasteiger partial charge in [0.15, 0.2) is 11.5 Å². The van der Waals surface area contributed by atoms with Gasteiger partial charge in [-0.3, -0.25) is 4.57 Å². The summed E-state index contributed by atoms with van der Waals surface area (Å²) in [6.07, 6.45) is 13.4. The SMILES string of the molecule is C[C@H](Cn1cnc2c(N)ncnc21)OCP(=O)(O)OCCCSCCCCCCCCCCC#C[Si](C)(C)CCC(C)(F)F. The van der Waals surface area contributed by atoms with Gasteiger partial charge in [-0.25, -0.2) is 23.7 Å². The monoisotopic (exact) mass is 675 g/mol. The van der Waals surface area contributed by atoms with E-state index < -0.39 is 21.6 Å². The minimum Gasteiger partial charge on any atom is -0.382 e. The number of alkyl halides is 2. The fraction of sp³-hybridized carbons (Fsp3) is 0.767. The van der Waals surface area contributed by atoms with E-state index in [1.165, 1.54) is 51.3 Å². The number of thioether (sulfide) groups is 1. The molecule has 0 saturated carbocycles. The van der Waals surface area contributed by atoms with Crippen LogP contribution in [0.2, 0.25) is 19.1 Å². The van der Waals surface area contributed by atoms with Gasteiger partial charge in [-0.15, -0.1) is 11.5 Å². The molecule has 9 nitrogen and oxygen atoms in total. The summed E-state index contributed by atoms with van der Waals surface area (Å²) < 4.78 is 51.1. The quantitative estimate of drug-likeness (QED) is 0.0523. The standard InChI is InChI=1S/C30H52F2N5O4PSSi/c1-26(22-37-24-36-27-28(33)34-23-35-29(27)37)40-25-42(38,39)41-17-15-19-43-18-13-11-9-7-5-6-8-10-12-14-20-44(3,4)21-16-30(2,31)32/h23-24,26H,5-13,15-19,21-22,25H2,1-4H3,(H,38,39)(H2,33,34,35)/t26-/m1/s1. The normalized spacial score (nSPS) is 14.3. The van der Waals surface area contributed by atoms with Crippen molar-refractivity contribution in [2.75, 3.05) is 30.2 Å². The van der Waals surface area contributed by atoms with E-state index >= 15 is 0 Å². The number of anilines is 1. The lowest BCUT2D eigenvalue weighted by Gasteiger charge is -2.17. The maximum atomic E-state index is 13.1. The molecule has 0 fully saturated rings. The zero-order valence-electron chi connectivity index (χ0n) is 26.9. The Morgan fingerprint density at radius 3 is 2.45 bits per heavy atom. The third-order valence-corrected chi connectivity index (χ3v) is 11.7. The number of unbranched alkanes of at least 4 members (excludes halogenated alkanes) is 8. The molecule has 14 heteroatoms. The summed E-state index contributed by atoms with van der Waals surface area (Å²) in [4.78, 5) is 22.4. The highest BCUT2D eigenvalue weighted by Gasteiger charge is 2.27. The van der Waals surface area contributed by atoms with Gasteiger partial charge in [0.05, 0.1) is 25.6 Å². The molecule has 44 heavy (non-hydrogen) atoms. The van der Waals surface area contributed by atoms with Gasteiger partial charge in [-0.05, 0) is 50.7 Å². The third kappa shape index (κ3) is 17.2. The Labute approximate surface area is 267 Å². The van der Waals surface area contributed by atoms with Gasteiger partial charge in [-0.2, -0.15) is 11.8 Å². The summed E-state index contributed by atoms with van der Waals surface area (Å²) in [5, 5.41) is 0. The Bertz CT molecular complexity index is 1220. The fourth-order valence-electron chi connectivity index (χ4n) is 4.47. The van der Waals surface area contributed by atoms with Crippen LogP contribution in [-0.2, 0) is 20.4 Å². The van der Waals surface area contributed by atoms with Crippen LogP contribution in [0.15, 0.2) is 12.7 Å². The second kappa shape index (κ2) is 19.8. The molecule has 0 amide bonds. The molecule has 1 unspecified atom stereocenters. The molecule has 0 aliphatic heterocycles. The number of aromatic nitrogens is 4. The molecule has 2 heterocycles. The minimum absolute atomic E-state index is 0.0536. The molecule has 0 aliphatic carbocycles. The van der Waals surface area contributed by atoms with Gasteiger partial charge < -0.3 is 24.5 Å². The molecular weight excluding hydrogens is 623 g/mol. The van der Waals surface area contributed by atoms with Crippen LogP contribution in [0.3, 0.4) is 0 Å². The predicted octanol–water partition coefficient (Wildman–Crippen LogP) is 7.90. The molecule has 0 aromatic carbocycles. The zero-order chi connectivity index (χ0) is 32.5. The Kier molecular flexibility index (Phi) is 17.4. The van der Waals surface area contributed by atoms with Crippen molar-refractivity contribution in [1.29, 1.82) is 0 Å². The molecule has 2 aromatic rings. The highest BCUT2D eigenvalue weighted by atomic mass is 32.2. The van der Waals surface area contributed by atoms with Crippen molar-refractivity contribution in [2.24, 2.45) is 0 Å². The highest BCUT2D eigenvalue weighted by molar-refractivity contribution is 7.99. The van der Waals surface area contributed by atoms with E-state index in [-0.39, 0.29) is 25.5 Å². The van der Waals surface area contributed by atoms with Gasteiger partial charge in [-0.1, -0.05) is 51.6 Å². The summed E-state index contributed by atoms with van der Waals surface area (Å²) in [6.45, 7) is 7.58. The Morgan fingerprint density at radius 2 is 1.75 bits per heavy atom. The van der Waals surface area contributed by atoms with Crippen LogP contribution in [0.5, 0.6) is 0 Å². The number of rotatable bonds is 23. The topological polar surface area (TPSA) is 125 Å². The first kappa shape index (κ1) is 38.6. The van der Waals surface area contributed by atoms with E-state index in [1.54, 1.807) is 17.8 Å². The Balaban J connectivity index is 1.39. The van der Waals surface area contributed by atoms with Crippen molar-refractivity contribution in [2.45, 2.75) is 122 Å². The highest BCUT2D eigenvalue weighted by Crippen LogP contribution is 2.42. The van der Waals surface area contributed by atoms with E-state index in [2.05, 4.69) is 39.5 Å². The summed E-state index contributed by atoms with van der Waals surface area (Å²) in [7, 11) is -5.66. The molecule has 0 aliphatic rings. The Hall–Kier alpha value is -1.55. The van der Waals surface area contributed by atoms with E-state index in [4.69, 9.17) is 15.0 Å². The second-order valence-corrected chi connectivity index (χ2v) is 19.7. The Morgan fingerprint density at radius 1 is 1.09 bits per heavy atom. The van der Waals surface area contributed by atoms with Crippen molar-refractivity contribution in [3.8, 4) is 11.5 Å². The number of nitrogen functional groups attached to an aromatic ring is 1. The van der Waals surface area contributed by atoms with Crippen LogP contribution >= 0.6 is 19.4 Å². The fourth-order valence-corrected chi connectivity index (χ4v) is 8.12. The summed E-state index contributed by atoms with van der Waals surface area (Å²) in [5.41, 5.74) is 10.2. The van der Waals surface area contributed by atoms with Gasteiger partial charge >= 0.3 is 7.60 Å². The number of hydrogen-bond donors (Lipinski definition) is 2. The van der Waals surface area contributed by atoms with Gasteiger partial charge in [0.1, 0.15) is 26.3 Å². The van der Waals surface area contributed by atoms with Crippen LogP contribution in [0, 0.1) is 11.5 Å². The van der Waals surface area contributed by atoms with Crippen molar-refractivity contribution in [1.82, 2.24) is 19.5 Å². The van der Waals surface area contributed by atoms with Gasteiger partial charge in [0.25, 0.3) is 0 Å². The molecule has 2 aromatic heterocycles. The zero-order valence-corrected chi connectivity index (χ0v) is 29.6. The molecule has 0 radical (unpaired) electrons. The largest absolute Gasteiger partial charge is 0.382 e. The summed E-state index contributed by atoms with van der Waals surface area (Å²) >= 11 is 1.85. The molecule has 3 N–H and O–H groups in total. The van der Waals surface area contributed by atoms with Crippen LogP contribution in [0.25, 0.3) is 11.2 Å². The molecule has 250 valence electrons. The number of hydrogen-bond acceptors (Lipinski definition) is 8. The van der Waals surface area contributed by atoms with Crippen molar-refractivity contribution in [3.63, 3.8) is 0 Å². The first-order chi connectivity index (χ1) is 20.8. The number of nitrogens with zero attached hydrogens (tertiary/aromatic N) is 4. The van der Waals surface area contributed by atoms with Crippen molar-refractivity contribution >= 4 is 44.4 Å². The van der Waals surface area contributed by atoms with E-state index in [0.717, 1.165) is 31.3 Å². The first-order valence-corrected chi connectivity index (χ1v) is 21.9. The lowest BCUT2D eigenvalue weighted by Crippen LogP contribution is -2.26. The van der Waals surface area contributed by atoms with Crippen LogP contribution in [-0.4, -0.2) is 69.0 Å². The van der Waals surface area contributed by atoms with Gasteiger partial charge in [0, 0.05) is 12.8 Å². The molecule has 0 saturated heterocycles. The lowest BCUT2D eigenvalue weighted by molar-refractivity contribution is 0.0179.